The van der Waals surface area contributed by atoms with Gasteiger partial charge in [0.25, 0.3) is 11.1 Å². The summed E-state index contributed by atoms with van der Waals surface area (Å²) < 4.78 is 6.90. The summed E-state index contributed by atoms with van der Waals surface area (Å²) in [6.07, 6.45) is 1.82. The van der Waals surface area contributed by atoms with Crippen molar-refractivity contribution < 1.29 is 9.53 Å². The molecule has 1 aromatic carbocycles. The van der Waals surface area contributed by atoms with Crippen molar-refractivity contribution >= 4 is 16.9 Å². The zero-order valence-electron chi connectivity index (χ0n) is 17.0. The molecule has 0 atom stereocenters. The normalized spacial score (nSPS) is 11.5. The SMILES string of the molecule is CCOC(=O)Cn1cc(C(c2c(C)[nH][nH]c2=O)c2c(C)[nH][nH]c2=O)c2ccccc21. The molecule has 0 aliphatic carbocycles. The van der Waals surface area contributed by atoms with Crippen LogP contribution in [0.15, 0.2) is 40.1 Å². The number of benzene rings is 1. The monoisotopic (exact) mass is 409 g/mol. The lowest BCUT2D eigenvalue weighted by Gasteiger charge is -2.15. The van der Waals surface area contributed by atoms with E-state index >= 15 is 0 Å². The fourth-order valence-corrected chi connectivity index (χ4v) is 4.04. The summed E-state index contributed by atoms with van der Waals surface area (Å²) in [6, 6.07) is 7.59. The number of ether oxygens (including phenoxy) is 1. The highest BCUT2D eigenvalue weighted by Crippen LogP contribution is 2.36. The fraction of sp³-hybridized carbons (Fsp3) is 0.286. The summed E-state index contributed by atoms with van der Waals surface area (Å²) in [5.74, 6) is -0.976. The van der Waals surface area contributed by atoms with Crippen LogP contribution >= 0.6 is 0 Å². The first-order chi connectivity index (χ1) is 14.4. The van der Waals surface area contributed by atoms with Crippen molar-refractivity contribution in [3.8, 4) is 0 Å². The van der Waals surface area contributed by atoms with E-state index in [1.54, 1.807) is 25.3 Å². The fourth-order valence-electron chi connectivity index (χ4n) is 4.04. The van der Waals surface area contributed by atoms with Crippen LogP contribution in [-0.2, 0) is 16.1 Å². The zero-order valence-corrected chi connectivity index (χ0v) is 17.0. The molecule has 3 heterocycles. The average molecular weight is 409 g/mol. The highest BCUT2D eigenvalue weighted by Gasteiger charge is 2.30. The van der Waals surface area contributed by atoms with Crippen LogP contribution in [-0.4, -0.2) is 37.5 Å². The molecular weight excluding hydrogens is 386 g/mol. The number of nitrogens with zero attached hydrogens (tertiary/aromatic N) is 1. The summed E-state index contributed by atoms with van der Waals surface area (Å²) >= 11 is 0. The van der Waals surface area contributed by atoms with E-state index in [0.717, 1.165) is 16.5 Å². The van der Waals surface area contributed by atoms with Gasteiger partial charge in [0.05, 0.1) is 23.7 Å². The smallest absolute Gasteiger partial charge is 0.325 e. The standard InChI is InChI=1S/C21H23N5O4/c1-4-30-16(27)10-26-9-14(13-7-5-6-8-15(13)26)19(17-11(2)22-24-20(17)28)18-12(3)23-25-21(18)29/h5-9,19H,4,10H2,1-3H3,(H2,22,24,28)(H2,23,25,29). The van der Waals surface area contributed by atoms with E-state index < -0.39 is 5.92 Å². The van der Waals surface area contributed by atoms with Crippen LogP contribution in [0.4, 0.5) is 0 Å². The summed E-state index contributed by atoms with van der Waals surface area (Å²) in [5, 5.41) is 11.8. The minimum Gasteiger partial charge on any atom is -0.465 e. The Hall–Kier alpha value is -3.75. The van der Waals surface area contributed by atoms with Crippen LogP contribution in [0.1, 0.15) is 40.9 Å². The lowest BCUT2D eigenvalue weighted by Crippen LogP contribution is -2.20. The Labute approximate surface area is 171 Å². The molecule has 4 N–H and O–H groups in total. The number of aromatic nitrogens is 5. The van der Waals surface area contributed by atoms with Gasteiger partial charge < -0.3 is 19.5 Å². The number of aryl methyl sites for hydroxylation is 2. The molecule has 9 heteroatoms. The van der Waals surface area contributed by atoms with Crippen molar-refractivity contribution in [2.75, 3.05) is 6.61 Å². The predicted octanol–water partition coefficient (Wildman–Crippen LogP) is 2.03. The number of fused-ring (bicyclic) bond motifs is 1. The molecule has 0 spiro atoms. The maximum atomic E-state index is 12.7. The predicted molar refractivity (Wildman–Crippen MR) is 112 cm³/mol. The van der Waals surface area contributed by atoms with Crippen molar-refractivity contribution in [1.29, 1.82) is 0 Å². The van der Waals surface area contributed by atoms with Crippen LogP contribution in [0.25, 0.3) is 10.9 Å². The maximum Gasteiger partial charge on any atom is 0.325 e. The van der Waals surface area contributed by atoms with E-state index in [1.807, 2.05) is 30.5 Å². The van der Waals surface area contributed by atoms with Gasteiger partial charge >= 0.3 is 5.97 Å². The summed E-state index contributed by atoms with van der Waals surface area (Å²) in [7, 11) is 0. The van der Waals surface area contributed by atoms with Gasteiger partial charge in [-0.05, 0) is 32.4 Å². The quantitative estimate of drug-likeness (QED) is 0.363. The second kappa shape index (κ2) is 7.58. The number of carbonyl (C=O) groups is 1. The van der Waals surface area contributed by atoms with Crippen LogP contribution in [0, 0.1) is 13.8 Å². The van der Waals surface area contributed by atoms with Crippen LogP contribution in [0.3, 0.4) is 0 Å². The Bertz CT molecular complexity index is 1280. The molecule has 156 valence electrons. The molecule has 3 aromatic heterocycles. The number of nitrogens with one attached hydrogen (secondary N) is 4. The lowest BCUT2D eigenvalue weighted by atomic mass is 9.85. The van der Waals surface area contributed by atoms with Crippen LogP contribution in [0.2, 0.25) is 0 Å². The number of para-hydroxylation sites is 1. The van der Waals surface area contributed by atoms with E-state index in [4.69, 9.17) is 4.74 Å². The number of hydrogen-bond acceptors (Lipinski definition) is 4. The van der Waals surface area contributed by atoms with E-state index in [-0.39, 0.29) is 23.6 Å². The molecule has 30 heavy (non-hydrogen) atoms. The molecule has 0 saturated heterocycles. The number of rotatable bonds is 6. The van der Waals surface area contributed by atoms with Gasteiger partial charge in [0.1, 0.15) is 6.54 Å². The number of esters is 1. The number of carbonyl (C=O) groups excluding carboxylic acids is 1. The molecule has 0 fully saturated rings. The van der Waals surface area contributed by atoms with Gasteiger partial charge in [-0.25, -0.2) is 0 Å². The van der Waals surface area contributed by atoms with E-state index in [9.17, 15) is 14.4 Å². The first kappa shape index (κ1) is 19.6. The highest BCUT2D eigenvalue weighted by molar-refractivity contribution is 5.87. The first-order valence-corrected chi connectivity index (χ1v) is 9.70. The minimum absolute atomic E-state index is 0.0338. The second-order valence-corrected chi connectivity index (χ2v) is 7.20. The molecule has 0 radical (unpaired) electrons. The molecule has 0 saturated carbocycles. The number of hydrogen-bond donors (Lipinski definition) is 4. The Morgan fingerprint density at radius 2 is 1.60 bits per heavy atom. The highest BCUT2D eigenvalue weighted by atomic mass is 16.5. The Morgan fingerprint density at radius 3 is 2.13 bits per heavy atom. The number of aromatic amines is 4. The van der Waals surface area contributed by atoms with Gasteiger partial charge in [-0.1, -0.05) is 18.2 Å². The third-order valence-electron chi connectivity index (χ3n) is 5.34. The van der Waals surface area contributed by atoms with E-state index in [2.05, 4.69) is 20.4 Å². The third kappa shape index (κ3) is 3.18. The first-order valence-electron chi connectivity index (χ1n) is 9.70. The zero-order chi connectivity index (χ0) is 21.4. The van der Waals surface area contributed by atoms with E-state index in [0.29, 0.717) is 29.1 Å². The molecule has 4 aromatic rings. The third-order valence-corrected chi connectivity index (χ3v) is 5.34. The molecule has 0 aliphatic heterocycles. The Morgan fingerprint density at radius 1 is 1.00 bits per heavy atom. The summed E-state index contributed by atoms with van der Waals surface area (Å²) in [6.45, 7) is 5.66. The molecule has 9 nitrogen and oxygen atoms in total. The second-order valence-electron chi connectivity index (χ2n) is 7.20. The van der Waals surface area contributed by atoms with Crippen molar-refractivity contribution in [3.63, 3.8) is 0 Å². The van der Waals surface area contributed by atoms with Gasteiger partial charge in [-0.15, -0.1) is 0 Å². The van der Waals surface area contributed by atoms with Crippen molar-refractivity contribution in [2.24, 2.45) is 0 Å². The van der Waals surface area contributed by atoms with Crippen molar-refractivity contribution in [1.82, 2.24) is 25.0 Å². The summed E-state index contributed by atoms with van der Waals surface area (Å²) in [4.78, 5) is 37.5. The Balaban J connectivity index is 2.00. The molecule has 0 aliphatic rings. The molecule has 0 unspecified atom stereocenters. The van der Waals surface area contributed by atoms with Gasteiger partial charge in [-0.3, -0.25) is 24.6 Å². The molecular formula is C21H23N5O4. The van der Waals surface area contributed by atoms with E-state index in [1.165, 1.54) is 0 Å². The maximum absolute atomic E-state index is 12.7. The molecule has 0 bridgehead atoms. The van der Waals surface area contributed by atoms with Gasteiger partial charge in [0.15, 0.2) is 0 Å². The van der Waals surface area contributed by atoms with Gasteiger partial charge in [0.2, 0.25) is 0 Å². The summed E-state index contributed by atoms with van der Waals surface area (Å²) in [5.41, 5.74) is 3.21. The van der Waals surface area contributed by atoms with Gasteiger partial charge in [-0.2, -0.15) is 0 Å². The van der Waals surface area contributed by atoms with Crippen molar-refractivity contribution in [2.45, 2.75) is 33.2 Å². The number of H-pyrrole nitrogens is 4. The average Bonchev–Trinajstić information content (AvgIpc) is 3.35. The van der Waals surface area contributed by atoms with Crippen LogP contribution < -0.4 is 11.1 Å². The molecule has 4 rings (SSSR count). The van der Waals surface area contributed by atoms with Crippen LogP contribution in [0.5, 0.6) is 0 Å². The van der Waals surface area contributed by atoms with Gasteiger partial charge in [0, 0.05) is 28.5 Å². The minimum atomic E-state index is -0.622. The molecule has 0 amide bonds. The Kier molecular flexibility index (Phi) is 4.94. The topological polar surface area (TPSA) is 129 Å². The van der Waals surface area contributed by atoms with Crippen molar-refractivity contribution in [3.05, 3.63) is 79.2 Å². The lowest BCUT2D eigenvalue weighted by molar-refractivity contribution is -0.143. The largest absolute Gasteiger partial charge is 0.465 e.